The summed E-state index contributed by atoms with van der Waals surface area (Å²) in [5, 5.41) is 3.15. The van der Waals surface area contributed by atoms with Gasteiger partial charge in [0.05, 0.1) is 11.0 Å². The van der Waals surface area contributed by atoms with Crippen LogP contribution in [0.25, 0.3) is 11.0 Å². The predicted molar refractivity (Wildman–Crippen MR) is 89.6 cm³/mol. The van der Waals surface area contributed by atoms with Crippen molar-refractivity contribution in [2.45, 2.75) is 38.3 Å². The van der Waals surface area contributed by atoms with Gasteiger partial charge in [0.2, 0.25) is 0 Å². The van der Waals surface area contributed by atoms with Crippen LogP contribution in [0.5, 0.6) is 0 Å². The molecule has 5 nitrogen and oxygen atoms in total. The van der Waals surface area contributed by atoms with Crippen LogP contribution in [0.3, 0.4) is 0 Å². The van der Waals surface area contributed by atoms with Gasteiger partial charge in [0.1, 0.15) is 5.82 Å². The molecule has 0 saturated heterocycles. The molecule has 2 aromatic rings. The molecule has 2 aliphatic rings. The van der Waals surface area contributed by atoms with E-state index in [-0.39, 0.29) is 0 Å². The van der Waals surface area contributed by atoms with Crippen LogP contribution < -0.4 is 11.1 Å². The molecule has 1 fully saturated rings. The van der Waals surface area contributed by atoms with Crippen molar-refractivity contribution in [2.75, 3.05) is 18.4 Å². The van der Waals surface area contributed by atoms with E-state index < -0.39 is 0 Å². The van der Waals surface area contributed by atoms with E-state index in [9.17, 15) is 0 Å². The van der Waals surface area contributed by atoms with Crippen LogP contribution in [-0.2, 0) is 13.0 Å². The molecule has 0 unspecified atom stereocenters. The van der Waals surface area contributed by atoms with Gasteiger partial charge >= 0.3 is 0 Å². The van der Waals surface area contributed by atoms with Crippen molar-refractivity contribution in [2.24, 2.45) is 5.73 Å². The van der Waals surface area contributed by atoms with E-state index in [4.69, 9.17) is 10.7 Å². The predicted octanol–water partition coefficient (Wildman–Crippen LogP) is 2.29. The van der Waals surface area contributed by atoms with Crippen molar-refractivity contribution in [3.63, 3.8) is 0 Å². The molecule has 4 rings (SSSR count). The molecule has 0 spiro atoms. The highest BCUT2D eigenvalue weighted by Gasteiger charge is 2.27. The third kappa shape index (κ3) is 2.35. The summed E-state index contributed by atoms with van der Waals surface area (Å²) < 4.78 is 2.40. The average Bonchev–Trinajstić information content (AvgIpc) is 2.70. The average molecular weight is 297 g/mol. The Morgan fingerprint density at radius 2 is 2.14 bits per heavy atom. The van der Waals surface area contributed by atoms with Crippen LogP contribution in [-0.4, -0.2) is 33.6 Å². The van der Waals surface area contributed by atoms with Gasteiger partial charge in [0.15, 0.2) is 0 Å². The van der Waals surface area contributed by atoms with E-state index in [1.54, 1.807) is 6.20 Å². The first kappa shape index (κ1) is 13.6. The molecule has 1 aliphatic heterocycles. The fourth-order valence-corrected chi connectivity index (χ4v) is 3.56. The van der Waals surface area contributed by atoms with E-state index >= 15 is 0 Å². The second-order valence-corrected chi connectivity index (χ2v) is 6.26. The maximum absolute atomic E-state index is 5.37. The molecular weight excluding hydrogens is 274 g/mol. The van der Waals surface area contributed by atoms with Crippen molar-refractivity contribution in [3.05, 3.63) is 36.4 Å². The number of nitrogens with zero attached hydrogens (tertiary/aromatic N) is 3. The highest BCUT2D eigenvalue weighted by molar-refractivity contribution is 5.80. The number of nitrogens with one attached hydrogen (secondary N) is 1. The Morgan fingerprint density at radius 1 is 1.23 bits per heavy atom. The van der Waals surface area contributed by atoms with Gasteiger partial charge in [-0.1, -0.05) is 6.42 Å². The van der Waals surface area contributed by atoms with Crippen LogP contribution in [0.1, 0.15) is 25.1 Å². The SMILES string of the molecule is N/C=C\Nc1ccc2c(c1)nc1n2CCN(C2CCC2)CC1. The summed E-state index contributed by atoms with van der Waals surface area (Å²) >= 11 is 0. The second-order valence-electron chi connectivity index (χ2n) is 6.26. The number of nitrogens with two attached hydrogens (primary N) is 1. The number of imidazole rings is 1. The third-order valence-electron chi connectivity index (χ3n) is 5.00. The van der Waals surface area contributed by atoms with Gasteiger partial charge in [0.25, 0.3) is 0 Å². The zero-order chi connectivity index (χ0) is 14.9. The fraction of sp³-hybridized carbons (Fsp3) is 0.471. The highest BCUT2D eigenvalue weighted by atomic mass is 15.2. The van der Waals surface area contributed by atoms with Crippen molar-refractivity contribution in [3.8, 4) is 0 Å². The van der Waals surface area contributed by atoms with Crippen LogP contribution in [0.2, 0.25) is 0 Å². The van der Waals surface area contributed by atoms with Gasteiger partial charge < -0.3 is 15.6 Å². The van der Waals surface area contributed by atoms with Crippen LogP contribution in [0, 0.1) is 0 Å². The Kier molecular flexibility index (Phi) is 3.50. The lowest BCUT2D eigenvalue weighted by Gasteiger charge is -2.36. The molecule has 1 aliphatic carbocycles. The molecule has 116 valence electrons. The molecule has 0 amide bonds. The van der Waals surface area contributed by atoms with E-state index in [0.29, 0.717) is 0 Å². The van der Waals surface area contributed by atoms with E-state index in [2.05, 4.69) is 33.0 Å². The Balaban J connectivity index is 1.59. The molecule has 0 radical (unpaired) electrons. The molecule has 0 atom stereocenters. The summed E-state index contributed by atoms with van der Waals surface area (Å²) in [5.41, 5.74) is 8.71. The van der Waals surface area contributed by atoms with E-state index in [0.717, 1.165) is 43.3 Å². The number of hydrogen-bond acceptors (Lipinski definition) is 4. The van der Waals surface area contributed by atoms with Gasteiger partial charge in [-0.3, -0.25) is 4.90 Å². The number of anilines is 1. The summed E-state index contributed by atoms with van der Waals surface area (Å²) in [4.78, 5) is 7.52. The molecule has 1 saturated carbocycles. The first-order valence-electron chi connectivity index (χ1n) is 8.21. The molecule has 1 aromatic carbocycles. The van der Waals surface area contributed by atoms with Crippen LogP contribution >= 0.6 is 0 Å². The number of fused-ring (bicyclic) bond motifs is 3. The Hall–Kier alpha value is -2.01. The number of hydrogen-bond donors (Lipinski definition) is 2. The summed E-state index contributed by atoms with van der Waals surface area (Å²) in [5.74, 6) is 1.23. The lowest BCUT2D eigenvalue weighted by atomic mass is 9.91. The zero-order valence-corrected chi connectivity index (χ0v) is 12.8. The van der Waals surface area contributed by atoms with Gasteiger partial charge in [-0.05, 0) is 31.0 Å². The number of aromatic nitrogens is 2. The van der Waals surface area contributed by atoms with Crippen molar-refractivity contribution in [1.82, 2.24) is 14.5 Å². The molecular formula is C17H23N5. The molecule has 22 heavy (non-hydrogen) atoms. The molecule has 2 heterocycles. The Bertz CT molecular complexity index is 698. The van der Waals surface area contributed by atoms with E-state index in [1.807, 2.05) is 0 Å². The highest BCUT2D eigenvalue weighted by Crippen LogP contribution is 2.28. The summed E-state index contributed by atoms with van der Waals surface area (Å²) in [7, 11) is 0. The molecule has 3 N–H and O–H groups in total. The summed E-state index contributed by atoms with van der Waals surface area (Å²) in [6, 6.07) is 7.18. The normalized spacial score (nSPS) is 20.0. The number of rotatable bonds is 3. The Morgan fingerprint density at radius 3 is 2.91 bits per heavy atom. The van der Waals surface area contributed by atoms with E-state index in [1.165, 1.54) is 36.8 Å². The van der Waals surface area contributed by atoms with Crippen LogP contribution in [0.15, 0.2) is 30.6 Å². The van der Waals surface area contributed by atoms with Crippen molar-refractivity contribution in [1.29, 1.82) is 0 Å². The minimum absolute atomic E-state index is 0.828. The lowest BCUT2D eigenvalue weighted by molar-refractivity contribution is 0.130. The molecule has 1 aromatic heterocycles. The van der Waals surface area contributed by atoms with Gasteiger partial charge in [-0.2, -0.15) is 0 Å². The Labute approximate surface area is 130 Å². The maximum atomic E-state index is 5.37. The summed E-state index contributed by atoms with van der Waals surface area (Å²) in [6.07, 6.45) is 8.46. The monoisotopic (exact) mass is 297 g/mol. The van der Waals surface area contributed by atoms with Gasteiger partial charge in [-0.15, -0.1) is 0 Å². The lowest BCUT2D eigenvalue weighted by Crippen LogP contribution is -2.41. The van der Waals surface area contributed by atoms with Crippen LogP contribution in [0.4, 0.5) is 5.69 Å². The first-order chi connectivity index (χ1) is 10.8. The smallest absolute Gasteiger partial charge is 0.111 e. The van der Waals surface area contributed by atoms with Crippen molar-refractivity contribution < 1.29 is 0 Å². The molecule has 0 bridgehead atoms. The largest absolute Gasteiger partial charge is 0.403 e. The minimum atomic E-state index is 0.828. The quantitative estimate of drug-likeness (QED) is 0.912. The van der Waals surface area contributed by atoms with Gasteiger partial charge in [0, 0.05) is 50.2 Å². The third-order valence-corrected chi connectivity index (χ3v) is 5.00. The first-order valence-corrected chi connectivity index (χ1v) is 8.21. The topological polar surface area (TPSA) is 59.1 Å². The van der Waals surface area contributed by atoms with Crippen molar-refractivity contribution >= 4 is 16.7 Å². The summed E-state index contributed by atoms with van der Waals surface area (Å²) in [6.45, 7) is 3.35. The second kappa shape index (κ2) is 5.65. The zero-order valence-electron chi connectivity index (χ0n) is 12.8. The minimum Gasteiger partial charge on any atom is -0.403 e. The number of benzene rings is 1. The standard InChI is InChI=1S/C17H23N5/c18-7-8-19-13-4-5-16-15(12-13)20-17-6-9-21(10-11-22(16)17)14-2-1-3-14/h4-5,7-8,12,14,19H,1-3,6,9-11,18H2/b8-7-. The maximum Gasteiger partial charge on any atom is 0.111 e. The molecule has 5 heteroatoms. The van der Waals surface area contributed by atoms with Gasteiger partial charge in [-0.25, -0.2) is 4.98 Å². The fourth-order valence-electron chi connectivity index (χ4n) is 3.56.